The maximum Gasteiger partial charge on any atom is 0.0920 e. The molecule has 0 aliphatic heterocycles. The van der Waals surface area contributed by atoms with Gasteiger partial charge in [0.2, 0.25) is 0 Å². The quantitative estimate of drug-likeness (QED) is 0.349. The number of aryl methyl sites for hydroxylation is 2. The lowest BCUT2D eigenvalue weighted by Gasteiger charge is -2.14. The molecule has 0 aliphatic rings. The molecule has 0 amide bonds. The topological polar surface area (TPSA) is 25.8 Å². The van der Waals surface area contributed by atoms with Gasteiger partial charge in [0.1, 0.15) is 0 Å². The molecule has 2 nitrogen and oxygen atoms in total. The van der Waals surface area contributed by atoms with E-state index in [0.717, 1.165) is 22.6 Å². The monoisotopic (exact) mass is 360 g/mol. The molecule has 0 aliphatic carbocycles. The first-order valence-electron chi connectivity index (χ1n) is 9.53. The van der Waals surface area contributed by atoms with E-state index in [-0.39, 0.29) is 0 Å². The molecule has 2 heteroatoms. The maximum atomic E-state index is 4.69. The van der Waals surface area contributed by atoms with Crippen LogP contribution in [0.25, 0.3) is 43.9 Å². The third-order valence-electron chi connectivity index (χ3n) is 5.33. The standard InChI is InChI=1S/C26H20N2/c1-17-16-27-26(18(2)28-17)25-15-14-24(22-11-5-6-12-23(22)25)21-13-7-9-19-8-3-4-10-20(19)21/h3-16H,1-2H3. The second kappa shape index (κ2) is 6.58. The van der Waals surface area contributed by atoms with Gasteiger partial charge in [-0.05, 0) is 46.5 Å². The zero-order chi connectivity index (χ0) is 19.1. The molecule has 134 valence electrons. The van der Waals surface area contributed by atoms with E-state index >= 15 is 0 Å². The zero-order valence-electron chi connectivity index (χ0n) is 16.0. The number of hydrogen-bond acceptors (Lipinski definition) is 2. The maximum absolute atomic E-state index is 4.69. The highest BCUT2D eigenvalue weighted by Gasteiger charge is 2.13. The molecular weight excluding hydrogens is 340 g/mol. The number of rotatable bonds is 2. The van der Waals surface area contributed by atoms with Crippen LogP contribution in [0.15, 0.2) is 85.1 Å². The van der Waals surface area contributed by atoms with Crippen molar-refractivity contribution in [3.05, 3.63) is 96.4 Å². The van der Waals surface area contributed by atoms with Gasteiger partial charge in [0.25, 0.3) is 0 Å². The van der Waals surface area contributed by atoms with Gasteiger partial charge in [-0.25, -0.2) is 0 Å². The normalized spacial score (nSPS) is 11.2. The summed E-state index contributed by atoms with van der Waals surface area (Å²) in [6.07, 6.45) is 1.84. The summed E-state index contributed by atoms with van der Waals surface area (Å²) in [7, 11) is 0. The van der Waals surface area contributed by atoms with E-state index in [4.69, 9.17) is 0 Å². The molecule has 28 heavy (non-hydrogen) atoms. The molecule has 0 atom stereocenters. The van der Waals surface area contributed by atoms with Crippen molar-refractivity contribution in [1.82, 2.24) is 9.97 Å². The first-order chi connectivity index (χ1) is 13.7. The average molecular weight is 360 g/mol. The summed E-state index contributed by atoms with van der Waals surface area (Å²) in [5.41, 5.74) is 6.48. The van der Waals surface area contributed by atoms with E-state index in [1.807, 2.05) is 20.0 Å². The van der Waals surface area contributed by atoms with Crippen molar-refractivity contribution in [2.45, 2.75) is 13.8 Å². The van der Waals surface area contributed by atoms with Crippen LogP contribution in [0.4, 0.5) is 0 Å². The number of nitrogens with zero attached hydrogens (tertiary/aromatic N) is 2. The van der Waals surface area contributed by atoms with Gasteiger partial charge in [-0.1, -0.05) is 78.9 Å². The minimum atomic E-state index is 0.943. The van der Waals surface area contributed by atoms with Crippen LogP contribution in [-0.4, -0.2) is 9.97 Å². The van der Waals surface area contributed by atoms with Crippen LogP contribution in [0, 0.1) is 13.8 Å². The van der Waals surface area contributed by atoms with Crippen LogP contribution in [0.3, 0.4) is 0 Å². The summed E-state index contributed by atoms with van der Waals surface area (Å²) in [5, 5.41) is 4.97. The van der Waals surface area contributed by atoms with Crippen molar-refractivity contribution in [2.75, 3.05) is 0 Å². The SMILES string of the molecule is Cc1cnc(-c2ccc(-c3cccc4ccccc34)c3ccccc23)c(C)n1. The Kier molecular flexibility index (Phi) is 3.91. The zero-order valence-corrected chi connectivity index (χ0v) is 16.0. The van der Waals surface area contributed by atoms with Crippen LogP contribution >= 0.6 is 0 Å². The minimum Gasteiger partial charge on any atom is -0.255 e. The van der Waals surface area contributed by atoms with Crippen molar-refractivity contribution in [3.8, 4) is 22.4 Å². The molecule has 0 saturated carbocycles. The van der Waals surface area contributed by atoms with E-state index < -0.39 is 0 Å². The highest BCUT2D eigenvalue weighted by molar-refractivity contribution is 6.09. The van der Waals surface area contributed by atoms with E-state index in [1.165, 1.54) is 32.7 Å². The van der Waals surface area contributed by atoms with Gasteiger partial charge >= 0.3 is 0 Å². The summed E-state index contributed by atoms with van der Waals surface area (Å²) in [6, 6.07) is 28.1. The Morgan fingerprint density at radius 2 is 1.18 bits per heavy atom. The van der Waals surface area contributed by atoms with E-state index in [1.54, 1.807) is 0 Å². The molecule has 0 spiro atoms. The molecule has 1 aromatic heterocycles. The number of aromatic nitrogens is 2. The predicted octanol–water partition coefficient (Wildman–Crippen LogP) is 6.73. The molecule has 0 N–H and O–H groups in total. The third kappa shape index (κ3) is 2.66. The Hall–Kier alpha value is -3.52. The fraction of sp³-hybridized carbons (Fsp3) is 0.0769. The largest absolute Gasteiger partial charge is 0.255 e. The van der Waals surface area contributed by atoms with Crippen molar-refractivity contribution >= 4 is 21.5 Å². The second-order valence-corrected chi connectivity index (χ2v) is 7.18. The van der Waals surface area contributed by atoms with Gasteiger partial charge in [0.05, 0.1) is 17.1 Å². The average Bonchev–Trinajstić information content (AvgIpc) is 2.73. The summed E-state index contributed by atoms with van der Waals surface area (Å²) >= 11 is 0. The number of hydrogen-bond donors (Lipinski definition) is 0. The molecule has 0 unspecified atom stereocenters. The predicted molar refractivity (Wildman–Crippen MR) is 117 cm³/mol. The fourth-order valence-electron chi connectivity index (χ4n) is 4.06. The molecule has 0 bridgehead atoms. The molecule has 0 saturated heterocycles. The molecule has 1 heterocycles. The lowest BCUT2D eigenvalue weighted by atomic mass is 9.91. The van der Waals surface area contributed by atoms with Crippen LogP contribution in [0.1, 0.15) is 11.4 Å². The molecule has 0 fully saturated rings. The van der Waals surface area contributed by atoms with Crippen molar-refractivity contribution in [1.29, 1.82) is 0 Å². The number of benzene rings is 4. The first kappa shape index (κ1) is 16.6. The highest BCUT2D eigenvalue weighted by atomic mass is 14.8. The van der Waals surface area contributed by atoms with Crippen LogP contribution in [0.5, 0.6) is 0 Å². The summed E-state index contributed by atoms with van der Waals surface area (Å²) in [5.74, 6) is 0. The Morgan fingerprint density at radius 1 is 0.571 bits per heavy atom. The molecule has 5 aromatic rings. The van der Waals surface area contributed by atoms with Gasteiger partial charge in [-0.2, -0.15) is 0 Å². The van der Waals surface area contributed by atoms with Crippen molar-refractivity contribution in [2.24, 2.45) is 0 Å². The molecule has 0 radical (unpaired) electrons. The Morgan fingerprint density at radius 3 is 1.96 bits per heavy atom. The Balaban J connectivity index is 1.82. The lowest BCUT2D eigenvalue weighted by molar-refractivity contribution is 1.06. The fourth-order valence-corrected chi connectivity index (χ4v) is 4.06. The molecular formula is C26H20N2. The van der Waals surface area contributed by atoms with E-state index in [0.29, 0.717) is 0 Å². The highest BCUT2D eigenvalue weighted by Crippen LogP contribution is 2.38. The van der Waals surface area contributed by atoms with Gasteiger partial charge in [-0.3, -0.25) is 9.97 Å². The summed E-state index contributed by atoms with van der Waals surface area (Å²) in [6.45, 7) is 4.01. The second-order valence-electron chi connectivity index (χ2n) is 7.18. The van der Waals surface area contributed by atoms with Crippen LogP contribution in [-0.2, 0) is 0 Å². The third-order valence-corrected chi connectivity index (χ3v) is 5.33. The Bertz CT molecular complexity index is 1330. The van der Waals surface area contributed by atoms with E-state index in [2.05, 4.69) is 88.8 Å². The van der Waals surface area contributed by atoms with Crippen LogP contribution < -0.4 is 0 Å². The summed E-state index contributed by atoms with van der Waals surface area (Å²) < 4.78 is 0. The van der Waals surface area contributed by atoms with Crippen molar-refractivity contribution in [3.63, 3.8) is 0 Å². The van der Waals surface area contributed by atoms with Gasteiger partial charge in [0, 0.05) is 11.8 Å². The summed E-state index contributed by atoms with van der Waals surface area (Å²) in [4.78, 5) is 9.30. The smallest absolute Gasteiger partial charge is 0.0920 e. The molecule has 5 rings (SSSR count). The van der Waals surface area contributed by atoms with Gasteiger partial charge in [-0.15, -0.1) is 0 Å². The van der Waals surface area contributed by atoms with Gasteiger partial charge in [0.15, 0.2) is 0 Å². The lowest BCUT2D eigenvalue weighted by Crippen LogP contribution is -1.95. The van der Waals surface area contributed by atoms with Gasteiger partial charge < -0.3 is 0 Å². The Labute approximate surface area is 164 Å². The first-order valence-corrected chi connectivity index (χ1v) is 9.53. The number of fused-ring (bicyclic) bond motifs is 2. The van der Waals surface area contributed by atoms with Crippen molar-refractivity contribution < 1.29 is 0 Å². The van der Waals surface area contributed by atoms with E-state index in [9.17, 15) is 0 Å². The minimum absolute atomic E-state index is 0.943. The molecule has 4 aromatic carbocycles. The van der Waals surface area contributed by atoms with Crippen LogP contribution in [0.2, 0.25) is 0 Å².